The molecule has 0 aliphatic heterocycles. The quantitative estimate of drug-likeness (QED) is 0.295. The van der Waals surface area contributed by atoms with E-state index in [2.05, 4.69) is 32.5 Å². The predicted octanol–water partition coefficient (Wildman–Crippen LogP) is 6.16. The average Bonchev–Trinajstić information content (AvgIpc) is 2.81. The molecule has 0 spiro atoms. The van der Waals surface area contributed by atoms with Crippen molar-refractivity contribution in [1.82, 2.24) is 9.97 Å². The van der Waals surface area contributed by atoms with Gasteiger partial charge in [0.1, 0.15) is 12.4 Å². The zero-order valence-electron chi connectivity index (χ0n) is 19.1. The van der Waals surface area contributed by atoms with E-state index < -0.39 is 5.82 Å². The largest absolute Gasteiger partial charge is 0.491 e. The van der Waals surface area contributed by atoms with Gasteiger partial charge in [-0.3, -0.25) is 0 Å². The van der Waals surface area contributed by atoms with Crippen LogP contribution in [0.25, 0.3) is 0 Å². The molecule has 0 atom stereocenters. The highest BCUT2D eigenvalue weighted by atomic mass is 19.1. The summed E-state index contributed by atoms with van der Waals surface area (Å²) in [7, 11) is 1.63. The minimum absolute atomic E-state index is 0.0791. The van der Waals surface area contributed by atoms with Crippen molar-refractivity contribution >= 4 is 28.8 Å². The van der Waals surface area contributed by atoms with E-state index in [0.717, 1.165) is 41.9 Å². The molecule has 0 amide bonds. The molecule has 1 aliphatic rings. The standard InChI is InChI=1S/C26H28FN5O2/c1-3-24(18-6-4-7-18)29-20-8-5-9-21(16-20)30-25-23(27)17-28-26(32-25)31-19-10-12-22(13-11-19)34-15-14-33-2/h3,5,8-13,16-17,29H,1,4,6-7,14-15H2,2H3,(H2,28,30,31,32). The molecule has 7 nitrogen and oxygen atoms in total. The van der Waals surface area contributed by atoms with Gasteiger partial charge in [0.2, 0.25) is 5.95 Å². The number of methoxy groups -OCH3 is 1. The summed E-state index contributed by atoms with van der Waals surface area (Å²) in [5.74, 6) is 0.533. The van der Waals surface area contributed by atoms with Gasteiger partial charge in [0, 0.05) is 29.9 Å². The van der Waals surface area contributed by atoms with Gasteiger partial charge in [-0.2, -0.15) is 4.98 Å². The zero-order chi connectivity index (χ0) is 23.8. The molecule has 0 saturated heterocycles. The second-order valence-corrected chi connectivity index (χ2v) is 7.79. The van der Waals surface area contributed by atoms with Crippen molar-refractivity contribution in [2.24, 2.45) is 0 Å². The lowest BCUT2D eigenvalue weighted by atomic mass is 9.90. The van der Waals surface area contributed by atoms with Crippen LogP contribution < -0.4 is 20.7 Å². The van der Waals surface area contributed by atoms with Crippen LogP contribution in [0.2, 0.25) is 0 Å². The summed E-state index contributed by atoms with van der Waals surface area (Å²) in [6.07, 6.45) is 6.38. The lowest BCUT2D eigenvalue weighted by molar-refractivity contribution is 0.146. The third-order valence-electron chi connectivity index (χ3n) is 5.36. The predicted molar refractivity (Wildman–Crippen MR) is 134 cm³/mol. The molecule has 1 aromatic heterocycles. The van der Waals surface area contributed by atoms with Crippen molar-refractivity contribution in [3.8, 4) is 5.75 Å². The summed E-state index contributed by atoms with van der Waals surface area (Å²) in [6.45, 7) is 4.90. The van der Waals surface area contributed by atoms with Crippen LogP contribution >= 0.6 is 0 Å². The number of rotatable bonds is 11. The maximum absolute atomic E-state index is 14.4. The monoisotopic (exact) mass is 461 g/mol. The summed E-state index contributed by atoms with van der Waals surface area (Å²) >= 11 is 0. The molecule has 0 radical (unpaired) electrons. The van der Waals surface area contributed by atoms with Crippen molar-refractivity contribution in [3.05, 3.63) is 84.5 Å². The van der Waals surface area contributed by atoms with Crippen LogP contribution in [0, 0.1) is 5.82 Å². The minimum atomic E-state index is -0.547. The van der Waals surface area contributed by atoms with Gasteiger partial charge < -0.3 is 25.4 Å². The van der Waals surface area contributed by atoms with Gasteiger partial charge in [0.05, 0.1) is 12.8 Å². The fraction of sp³-hybridized carbons (Fsp3) is 0.231. The molecule has 4 rings (SSSR count). The Hall–Kier alpha value is -3.91. The third kappa shape index (κ3) is 6.11. The lowest BCUT2D eigenvalue weighted by Gasteiger charge is -2.21. The molecule has 3 aromatic rings. The summed E-state index contributed by atoms with van der Waals surface area (Å²) in [5, 5.41) is 9.53. The lowest BCUT2D eigenvalue weighted by Crippen LogP contribution is -2.08. The summed E-state index contributed by atoms with van der Waals surface area (Å²) in [5.41, 5.74) is 4.76. The normalized spacial score (nSPS) is 12.5. The Morgan fingerprint density at radius 1 is 1.06 bits per heavy atom. The molecule has 0 unspecified atom stereocenters. The van der Waals surface area contributed by atoms with Crippen LogP contribution in [-0.2, 0) is 4.74 Å². The van der Waals surface area contributed by atoms with Gasteiger partial charge in [0.25, 0.3) is 0 Å². The Balaban J connectivity index is 1.43. The fourth-order valence-electron chi connectivity index (χ4n) is 3.40. The van der Waals surface area contributed by atoms with Gasteiger partial charge >= 0.3 is 0 Å². The second kappa shape index (κ2) is 11.3. The fourth-order valence-corrected chi connectivity index (χ4v) is 3.40. The van der Waals surface area contributed by atoms with Crippen molar-refractivity contribution in [1.29, 1.82) is 0 Å². The van der Waals surface area contributed by atoms with Gasteiger partial charge in [-0.05, 0) is 73.4 Å². The van der Waals surface area contributed by atoms with E-state index in [1.54, 1.807) is 7.11 Å². The summed E-state index contributed by atoms with van der Waals surface area (Å²) in [4.78, 5) is 8.35. The Labute approximate surface area is 198 Å². The van der Waals surface area contributed by atoms with Crippen LogP contribution in [0.4, 0.5) is 33.2 Å². The molecular weight excluding hydrogens is 433 g/mol. The minimum Gasteiger partial charge on any atom is -0.491 e. The van der Waals surface area contributed by atoms with Crippen molar-refractivity contribution in [3.63, 3.8) is 0 Å². The van der Waals surface area contributed by atoms with Crippen LogP contribution in [0.5, 0.6) is 5.75 Å². The molecular formula is C26H28FN5O2. The molecule has 34 heavy (non-hydrogen) atoms. The third-order valence-corrected chi connectivity index (χ3v) is 5.36. The van der Waals surface area contributed by atoms with E-state index in [4.69, 9.17) is 9.47 Å². The van der Waals surface area contributed by atoms with Gasteiger partial charge in [-0.15, -0.1) is 0 Å². The van der Waals surface area contributed by atoms with E-state index in [0.29, 0.717) is 18.9 Å². The molecule has 1 aliphatic carbocycles. The van der Waals surface area contributed by atoms with E-state index in [9.17, 15) is 4.39 Å². The number of aromatic nitrogens is 2. The number of hydrogen-bond acceptors (Lipinski definition) is 7. The number of benzene rings is 2. The van der Waals surface area contributed by atoms with Crippen LogP contribution in [0.3, 0.4) is 0 Å². The number of nitrogens with zero attached hydrogens (tertiary/aromatic N) is 2. The molecule has 3 N–H and O–H groups in total. The van der Waals surface area contributed by atoms with E-state index >= 15 is 0 Å². The maximum Gasteiger partial charge on any atom is 0.229 e. The number of hydrogen-bond donors (Lipinski definition) is 3. The Kier molecular flexibility index (Phi) is 7.72. The second-order valence-electron chi connectivity index (χ2n) is 7.79. The Bertz CT molecular complexity index is 1160. The van der Waals surface area contributed by atoms with Gasteiger partial charge in [-0.25, -0.2) is 9.37 Å². The highest BCUT2D eigenvalue weighted by Crippen LogP contribution is 2.30. The summed E-state index contributed by atoms with van der Waals surface area (Å²) in [6, 6.07) is 14.9. The molecule has 0 bridgehead atoms. The van der Waals surface area contributed by atoms with E-state index in [-0.39, 0.29) is 11.8 Å². The van der Waals surface area contributed by atoms with E-state index in [1.807, 2.05) is 54.6 Å². The first-order chi connectivity index (χ1) is 16.6. The van der Waals surface area contributed by atoms with Crippen molar-refractivity contribution in [2.75, 3.05) is 36.3 Å². The smallest absolute Gasteiger partial charge is 0.229 e. The first-order valence-electron chi connectivity index (χ1n) is 11.1. The molecule has 176 valence electrons. The number of nitrogens with one attached hydrogen (secondary N) is 3. The highest BCUT2D eigenvalue weighted by molar-refractivity contribution is 5.66. The van der Waals surface area contributed by atoms with Gasteiger partial charge in [0.15, 0.2) is 11.6 Å². The molecule has 1 saturated carbocycles. The highest BCUT2D eigenvalue weighted by Gasteiger charge is 2.13. The van der Waals surface area contributed by atoms with Gasteiger partial charge in [-0.1, -0.05) is 12.6 Å². The maximum atomic E-state index is 14.4. The zero-order valence-corrected chi connectivity index (χ0v) is 19.1. The van der Waals surface area contributed by atoms with Crippen molar-refractivity contribution in [2.45, 2.75) is 19.3 Å². The Morgan fingerprint density at radius 2 is 1.85 bits per heavy atom. The first-order valence-corrected chi connectivity index (χ1v) is 11.1. The SMILES string of the molecule is C=CC(Nc1cccc(Nc2nc(Nc3ccc(OCCOC)cc3)ncc2F)c1)=C1CCC1. The number of ether oxygens (including phenoxy) is 2. The molecule has 1 fully saturated rings. The molecule has 8 heteroatoms. The Morgan fingerprint density at radius 3 is 2.56 bits per heavy atom. The van der Waals surface area contributed by atoms with Crippen LogP contribution in [0.15, 0.2) is 78.7 Å². The summed E-state index contributed by atoms with van der Waals surface area (Å²) < 4.78 is 25.0. The van der Waals surface area contributed by atoms with Crippen LogP contribution in [-0.4, -0.2) is 30.3 Å². The number of anilines is 5. The molecule has 2 aromatic carbocycles. The topological polar surface area (TPSA) is 80.3 Å². The van der Waals surface area contributed by atoms with Crippen LogP contribution in [0.1, 0.15) is 19.3 Å². The average molecular weight is 462 g/mol. The van der Waals surface area contributed by atoms with Crippen molar-refractivity contribution < 1.29 is 13.9 Å². The number of halogens is 1. The molecule has 1 heterocycles. The first kappa shape index (κ1) is 23.3. The number of allylic oxidation sites excluding steroid dienone is 2. The van der Waals surface area contributed by atoms with E-state index in [1.165, 1.54) is 12.0 Å².